The summed E-state index contributed by atoms with van der Waals surface area (Å²) in [5.41, 5.74) is 0.145. The Bertz CT molecular complexity index is 461. The fraction of sp³-hybridized carbons (Fsp3) is 0.875. The predicted molar refractivity (Wildman–Crippen MR) is 74.0 cm³/mol. The highest BCUT2D eigenvalue weighted by atomic mass is 16.5. The van der Waals surface area contributed by atoms with E-state index >= 15 is 0 Å². The maximum Gasteiger partial charge on any atom is 0.232 e. The van der Waals surface area contributed by atoms with Gasteiger partial charge in [-0.05, 0) is 62.7 Å². The molecule has 0 aromatic carbocycles. The summed E-state index contributed by atoms with van der Waals surface area (Å²) in [7, 11) is 0. The van der Waals surface area contributed by atoms with Crippen LogP contribution in [0.15, 0.2) is 4.52 Å². The van der Waals surface area contributed by atoms with E-state index in [4.69, 9.17) is 4.52 Å². The van der Waals surface area contributed by atoms with Crippen molar-refractivity contribution < 1.29 is 9.63 Å². The normalized spacial score (nSPS) is 40.2. The van der Waals surface area contributed by atoms with Gasteiger partial charge in [0.15, 0.2) is 5.82 Å². The minimum absolute atomic E-state index is 0.145. The van der Waals surface area contributed by atoms with E-state index in [1.165, 1.54) is 38.5 Å². The zero-order chi connectivity index (χ0) is 13.7. The Morgan fingerprint density at radius 1 is 1.20 bits per heavy atom. The molecule has 1 unspecified atom stereocenters. The molecule has 4 bridgehead atoms. The van der Waals surface area contributed by atoms with Crippen molar-refractivity contribution in [2.45, 2.75) is 69.8 Å². The zero-order valence-electron chi connectivity index (χ0n) is 12.2. The van der Waals surface area contributed by atoms with Gasteiger partial charge in [0.2, 0.25) is 5.89 Å². The molecule has 110 valence electrons. The quantitative estimate of drug-likeness (QED) is 0.916. The van der Waals surface area contributed by atoms with E-state index in [1.54, 1.807) is 0 Å². The van der Waals surface area contributed by atoms with Crippen molar-refractivity contribution in [1.82, 2.24) is 10.1 Å². The SMILES string of the molecule is CCCC(O)c1noc(C23CC4CC(CC(C4)C2)C3)n1. The van der Waals surface area contributed by atoms with Gasteiger partial charge >= 0.3 is 0 Å². The molecule has 4 fully saturated rings. The standard InChI is InChI=1S/C16H24N2O2/c1-2-3-13(19)14-17-15(20-18-14)16-7-10-4-11(8-16)6-12(5-10)9-16/h10-13,19H,2-9H2,1H3. The van der Waals surface area contributed by atoms with Crippen LogP contribution in [0, 0.1) is 17.8 Å². The molecular weight excluding hydrogens is 252 g/mol. The zero-order valence-corrected chi connectivity index (χ0v) is 12.2. The van der Waals surface area contributed by atoms with Crippen LogP contribution in [0.1, 0.15) is 76.1 Å². The Labute approximate surface area is 120 Å². The fourth-order valence-electron chi connectivity index (χ4n) is 5.36. The van der Waals surface area contributed by atoms with E-state index in [-0.39, 0.29) is 5.41 Å². The Hall–Kier alpha value is -0.900. The second-order valence-corrected chi connectivity index (χ2v) is 7.46. The largest absolute Gasteiger partial charge is 0.385 e. The van der Waals surface area contributed by atoms with Crippen LogP contribution in [0.5, 0.6) is 0 Å². The van der Waals surface area contributed by atoms with E-state index in [0.29, 0.717) is 12.2 Å². The Morgan fingerprint density at radius 3 is 2.35 bits per heavy atom. The smallest absolute Gasteiger partial charge is 0.232 e. The van der Waals surface area contributed by atoms with Crippen LogP contribution in [-0.4, -0.2) is 15.2 Å². The number of hydrogen-bond acceptors (Lipinski definition) is 4. The molecule has 4 aliphatic carbocycles. The lowest BCUT2D eigenvalue weighted by molar-refractivity contribution is -0.0201. The molecule has 1 aromatic heterocycles. The highest BCUT2D eigenvalue weighted by Gasteiger charge is 2.54. The first-order valence-corrected chi connectivity index (χ1v) is 8.20. The maximum atomic E-state index is 10.0. The van der Waals surface area contributed by atoms with Crippen LogP contribution in [0.25, 0.3) is 0 Å². The molecule has 0 saturated heterocycles. The molecule has 0 amide bonds. The number of aliphatic hydroxyl groups is 1. The molecule has 0 aliphatic heterocycles. The second-order valence-electron chi connectivity index (χ2n) is 7.46. The molecule has 1 N–H and O–H groups in total. The third-order valence-corrected chi connectivity index (χ3v) is 5.79. The predicted octanol–water partition coefficient (Wildman–Crippen LogP) is 3.37. The summed E-state index contributed by atoms with van der Waals surface area (Å²) in [6, 6.07) is 0. The molecule has 20 heavy (non-hydrogen) atoms. The average Bonchev–Trinajstić information content (AvgIpc) is 2.87. The second kappa shape index (κ2) is 4.55. The molecular formula is C16H24N2O2. The topological polar surface area (TPSA) is 59.2 Å². The highest BCUT2D eigenvalue weighted by Crippen LogP contribution is 2.60. The van der Waals surface area contributed by atoms with Crippen LogP contribution < -0.4 is 0 Å². The summed E-state index contributed by atoms with van der Waals surface area (Å²) in [5.74, 6) is 3.94. The van der Waals surface area contributed by atoms with Gasteiger partial charge in [-0.1, -0.05) is 18.5 Å². The molecule has 4 nitrogen and oxygen atoms in total. The first kappa shape index (κ1) is 12.8. The van der Waals surface area contributed by atoms with E-state index in [1.807, 2.05) is 0 Å². The van der Waals surface area contributed by atoms with Gasteiger partial charge in [-0.15, -0.1) is 0 Å². The lowest BCUT2D eigenvalue weighted by Crippen LogP contribution is -2.48. The van der Waals surface area contributed by atoms with Crippen molar-refractivity contribution in [3.63, 3.8) is 0 Å². The summed E-state index contributed by atoms with van der Waals surface area (Å²) >= 11 is 0. The van der Waals surface area contributed by atoms with Gasteiger partial charge in [-0.3, -0.25) is 0 Å². The molecule has 5 rings (SSSR count). The van der Waals surface area contributed by atoms with Gasteiger partial charge in [0.05, 0.1) is 5.41 Å². The van der Waals surface area contributed by atoms with Crippen molar-refractivity contribution in [2.24, 2.45) is 17.8 Å². The number of aliphatic hydroxyl groups excluding tert-OH is 1. The first-order valence-electron chi connectivity index (χ1n) is 8.20. The minimum atomic E-state index is -0.564. The Balaban J connectivity index is 1.61. The molecule has 1 heterocycles. The van der Waals surface area contributed by atoms with Crippen molar-refractivity contribution in [3.8, 4) is 0 Å². The monoisotopic (exact) mass is 276 g/mol. The molecule has 4 saturated carbocycles. The summed E-state index contributed by atoms with van der Waals surface area (Å²) in [5, 5.41) is 14.1. The van der Waals surface area contributed by atoms with E-state index in [0.717, 1.165) is 30.1 Å². The average molecular weight is 276 g/mol. The van der Waals surface area contributed by atoms with Crippen LogP contribution >= 0.6 is 0 Å². The van der Waals surface area contributed by atoms with E-state index in [9.17, 15) is 5.11 Å². The van der Waals surface area contributed by atoms with Gasteiger partial charge in [-0.25, -0.2) is 0 Å². The lowest BCUT2D eigenvalue weighted by atomic mass is 9.49. The summed E-state index contributed by atoms with van der Waals surface area (Å²) in [4.78, 5) is 4.59. The third-order valence-electron chi connectivity index (χ3n) is 5.79. The van der Waals surface area contributed by atoms with Gasteiger partial charge in [-0.2, -0.15) is 4.98 Å². The van der Waals surface area contributed by atoms with E-state index < -0.39 is 6.10 Å². The van der Waals surface area contributed by atoms with Crippen molar-refractivity contribution >= 4 is 0 Å². The minimum Gasteiger partial charge on any atom is -0.385 e. The fourth-order valence-corrected chi connectivity index (χ4v) is 5.36. The van der Waals surface area contributed by atoms with Gasteiger partial charge in [0, 0.05) is 0 Å². The lowest BCUT2D eigenvalue weighted by Gasteiger charge is -2.55. The van der Waals surface area contributed by atoms with Gasteiger partial charge in [0.25, 0.3) is 0 Å². The summed E-state index contributed by atoms with van der Waals surface area (Å²) in [6.07, 6.45) is 9.00. The maximum absolute atomic E-state index is 10.0. The van der Waals surface area contributed by atoms with Gasteiger partial charge in [0.1, 0.15) is 6.10 Å². The number of nitrogens with zero attached hydrogens (tertiary/aromatic N) is 2. The number of hydrogen-bond donors (Lipinski definition) is 1. The first-order chi connectivity index (χ1) is 9.68. The molecule has 1 atom stereocenters. The molecule has 4 heteroatoms. The number of aromatic nitrogens is 2. The summed E-state index contributed by atoms with van der Waals surface area (Å²) < 4.78 is 5.60. The van der Waals surface area contributed by atoms with Crippen LogP contribution in [0.3, 0.4) is 0 Å². The molecule has 1 aromatic rings. The highest BCUT2D eigenvalue weighted by molar-refractivity contribution is 5.15. The third kappa shape index (κ3) is 1.92. The van der Waals surface area contributed by atoms with Crippen LogP contribution in [0.2, 0.25) is 0 Å². The molecule has 0 radical (unpaired) electrons. The molecule has 0 spiro atoms. The van der Waals surface area contributed by atoms with Crippen molar-refractivity contribution in [3.05, 3.63) is 11.7 Å². The van der Waals surface area contributed by atoms with Crippen molar-refractivity contribution in [2.75, 3.05) is 0 Å². The Morgan fingerprint density at radius 2 is 1.80 bits per heavy atom. The van der Waals surface area contributed by atoms with E-state index in [2.05, 4.69) is 17.1 Å². The van der Waals surface area contributed by atoms with Crippen LogP contribution in [-0.2, 0) is 5.41 Å². The number of rotatable bonds is 4. The van der Waals surface area contributed by atoms with Gasteiger partial charge < -0.3 is 9.63 Å². The summed E-state index contributed by atoms with van der Waals surface area (Å²) in [6.45, 7) is 2.06. The van der Waals surface area contributed by atoms with Crippen LogP contribution in [0.4, 0.5) is 0 Å². The molecule has 4 aliphatic rings. The van der Waals surface area contributed by atoms with Crippen molar-refractivity contribution in [1.29, 1.82) is 0 Å². The Kier molecular flexibility index (Phi) is 2.92.